The van der Waals surface area contributed by atoms with Gasteiger partial charge < -0.3 is 10.6 Å². The minimum atomic E-state index is -0.150. The Labute approximate surface area is 156 Å². The summed E-state index contributed by atoms with van der Waals surface area (Å²) in [5.41, 5.74) is 3.26. The standard InChI is InChI=1S/C20H19N3O2S/c1-14-4-2-5-17(23-14)13-22-19(24)16-9-7-15(8-10-16)12-21-20(25)18-6-3-11-26-18/h2-11H,12-13H2,1H3,(H,21,25)(H,22,24). The molecule has 0 saturated heterocycles. The maximum atomic E-state index is 12.2. The molecule has 0 spiro atoms. The van der Waals surface area contributed by atoms with Gasteiger partial charge in [-0.15, -0.1) is 11.3 Å². The lowest BCUT2D eigenvalue weighted by atomic mass is 10.1. The first-order valence-corrected chi connectivity index (χ1v) is 9.11. The monoisotopic (exact) mass is 365 g/mol. The van der Waals surface area contributed by atoms with E-state index in [4.69, 9.17) is 0 Å². The topological polar surface area (TPSA) is 71.1 Å². The van der Waals surface area contributed by atoms with Gasteiger partial charge in [0.2, 0.25) is 0 Å². The fourth-order valence-electron chi connectivity index (χ4n) is 2.42. The fourth-order valence-corrected chi connectivity index (χ4v) is 3.06. The van der Waals surface area contributed by atoms with Crippen molar-refractivity contribution in [3.63, 3.8) is 0 Å². The van der Waals surface area contributed by atoms with Crippen molar-refractivity contribution in [3.05, 3.63) is 87.4 Å². The van der Waals surface area contributed by atoms with E-state index in [2.05, 4.69) is 15.6 Å². The first kappa shape index (κ1) is 17.8. The maximum Gasteiger partial charge on any atom is 0.261 e. The number of nitrogens with one attached hydrogen (secondary N) is 2. The van der Waals surface area contributed by atoms with Crippen molar-refractivity contribution < 1.29 is 9.59 Å². The largest absolute Gasteiger partial charge is 0.347 e. The van der Waals surface area contributed by atoms with Gasteiger partial charge in [-0.3, -0.25) is 14.6 Å². The highest BCUT2D eigenvalue weighted by Gasteiger charge is 2.08. The van der Waals surface area contributed by atoms with Crippen LogP contribution in [0.3, 0.4) is 0 Å². The minimum absolute atomic E-state index is 0.0903. The molecule has 0 fully saturated rings. The summed E-state index contributed by atoms with van der Waals surface area (Å²) in [4.78, 5) is 29.2. The van der Waals surface area contributed by atoms with Crippen molar-refractivity contribution in [2.75, 3.05) is 0 Å². The number of hydrogen-bond donors (Lipinski definition) is 2. The van der Waals surface area contributed by atoms with Crippen LogP contribution in [0.4, 0.5) is 0 Å². The van der Waals surface area contributed by atoms with E-state index in [1.807, 2.05) is 48.7 Å². The molecule has 0 aliphatic carbocycles. The van der Waals surface area contributed by atoms with Crippen LogP contribution < -0.4 is 10.6 Å². The average Bonchev–Trinajstić information content (AvgIpc) is 3.19. The van der Waals surface area contributed by atoms with Gasteiger partial charge in [0.25, 0.3) is 11.8 Å². The summed E-state index contributed by atoms with van der Waals surface area (Å²) in [7, 11) is 0. The van der Waals surface area contributed by atoms with Gasteiger partial charge in [0.15, 0.2) is 0 Å². The second kappa shape index (κ2) is 8.40. The Bertz CT molecular complexity index is 890. The van der Waals surface area contributed by atoms with Crippen molar-refractivity contribution in [2.45, 2.75) is 20.0 Å². The third kappa shape index (κ3) is 4.77. The highest BCUT2D eigenvalue weighted by molar-refractivity contribution is 7.12. The lowest BCUT2D eigenvalue weighted by Gasteiger charge is -2.07. The zero-order valence-corrected chi connectivity index (χ0v) is 15.2. The van der Waals surface area contributed by atoms with E-state index >= 15 is 0 Å². The van der Waals surface area contributed by atoms with Gasteiger partial charge >= 0.3 is 0 Å². The molecule has 0 radical (unpaired) electrons. The second-order valence-electron chi connectivity index (χ2n) is 5.81. The summed E-state index contributed by atoms with van der Waals surface area (Å²) in [6.45, 7) is 2.73. The number of rotatable bonds is 6. The summed E-state index contributed by atoms with van der Waals surface area (Å²) < 4.78 is 0. The first-order valence-electron chi connectivity index (χ1n) is 8.23. The van der Waals surface area contributed by atoms with Gasteiger partial charge in [-0.1, -0.05) is 24.3 Å². The van der Waals surface area contributed by atoms with Crippen LogP contribution in [-0.2, 0) is 13.1 Å². The van der Waals surface area contributed by atoms with Crippen molar-refractivity contribution in [1.82, 2.24) is 15.6 Å². The molecule has 2 N–H and O–H groups in total. The quantitative estimate of drug-likeness (QED) is 0.704. The van der Waals surface area contributed by atoms with Crippen LogP contribution in [0, 0.1) is 6.92 Å². The molecule has 132 valence electrons. The SMILES string of the molecule is Cc1cccc(CNC(=O)c2ccc(CNC(=O)c3cccs3)cc2)n1. The van der Waals surface area contributed by atoms with Gasteiger partial charge in [0.1, 0.15) is 0 Å². The van der Waals surface area contributed by atoms with Crippen LogP contribution in [0.2, 0.25) is 0 Å². The molecule has 5 nitrogen and oxygen atoms in total. The van der Waals surface area contributed by atoms with Crippen LogP contribution in [0.1, 0.15) is 37.0 Å². The van der Waals surface area contributed by atoms with Crippen LogP contribution in [-0.4, -0.2) is 16.8 Å². The smallest absolute Gasteiger partial charge is 0.261 e. The lowest BCUT2D eigenvalue weighted by Crippen LogP contribution is -2.24. The Hall–Kier alpha value is -2.99. The van der Waals surface area contributed by atoms with E-state index in [1.165, 1.54) is 11.3 Å². The number of aromatic nitrogens is 1. The normalized spacial score (nSPS) is 10.3. The van der Waals surface area contributed by atoms with Crippen LogP contribution in [0.15, 0.2) is 60.0 Å². The van der Waals surface area contributed by atoms with Crippen LogP contribution >= 0.6 is 11.3 Å². The first-order chi connectivity index (χ1) is 12.6. The molecule has 6 heteroatoms. The summed E-state index contributed by atoms with van der Waals surface area (Å²) in [5, 5.41) is 7.60. The molecule has 0 atom stereocenters. The number of carbonyl (C=O) groups excluding carboxylic acids is 2. The predicted octanol–water partition coefficient (Wildman–Crippen LogP) is 3.31. The summed E-state index contributed by atoms with van der Waals surface area (Å²) in [6, 6.07) is 16.5. The molecule has 3 rings (SSSR count). The number of amides is 2. The number of benzene rings is 1. The molecule has 0 unspecified atom stereocenters. The zero-order chi connectivity index (χ0) is 18.4. The molecule has 0 aliphatic rings. The van der Waals surface area contributed by atoms with E-state index in [0.717, 1.165) is 17.0 Å². The Morgan fingerprint density at radius 2 is 1.69 bits per heavy atom. The number of aryl methyl sites for hydroxylation is 1. The van der Waals surface area contributed by atoms with Gasteiger partial charge in [0, 0.05) is 17.8 Å². The fraction of sp³-hybridized carbons (Fsp3) is 0.150. The minimum Gasteiger partial charge on any atom is -0.347 e. The average molecular weight is 365 g/mol. The molecule has 2 amide bonds. The molecular formula is C20H19N3O2S. The van der Waals surface area contributed by atoms with E-state index < -0.39 is 0 Å². The third-order valence-electron chi connectivity index (χ3n) is 3.79. The third-order valence-corrected chi connectivity index (χ3v) is 4.66. The number of hydrogen-bond acceptors (Lipinski definition) is 4. The Morgan fingerprint density at radius 3 is 2.38 bits per heavy atom. The molecule has 26 heavy (non-hydrogen) atoms. The number of pyridine rings is 1. The molecular weight excluding hydrogens is 346 g/mol. The van der Waals surface area contributed by atoms with Gasteiger partial charge in [-0.25, -0.2) is 0 Å². The van der Waals surface area contributed by atoms with Crippen LogP contribution in [0.5, 0.6) is 0 Å². The molecule has 0 bridgehead atoms. The van der Waals surface area contributed by atoms with E-state index in [1.54, 1.807) is 18.2 Å². The highest BCUT2D eigenvalue weighted by Crippen LogP contribution is 2.09. The lowest BCUT2D eigenvalue weighted by molar-refractivity contribution is 0.0943. The molecule has 2 aromatic heterocycles. The summed E-state index contributed by atoms with van der Waals surface area (Å²) >= 11 is 1.41. The van der Waals surface area contributed by atoms with Gasteiger partial charge in [0.05, 0.1) is 17.1 Å². The van der Waals surface area contributed by atoms with Gasteiger partial charge in [-0.2, -0.15) is 0 Å². The Morgan fingerprint density at radius 1 is 0.923 bits per heavy atom. The molecule has 3 aromatic rings. The number of nitrogens with zero attached hydrogens (tertiary/aromatic N) is 1. The van der Waals surface area contributed by atoms with E-state index in [0.29, 0.717) is 23.5 Å². The Balaban J connectivity index is 1.51. The molecule has 1 aromatic carbocycles. The predicted molar refractivity (Wildman–Crippen MR) is 102 cm³/mol. The highest BCUT2D eigenvalue weighted by atomic mass is 32.1. The number of thiophene rings is 1. The molecule has 0 saturated carbocycles. The number of carbonyl (C=O) groups is 2. The van der Waals surface area contributed by atoms with Crippen molar-refractivity contribution in [1.29, 1.82) is 0 Å². The van der Waals surface area contributed by atoms with Crippen molar-refractivity contribution in [3.8, 4) is 0 Å². The second-order valence-corrected chi connectivity index (χ2v) is 6.76. The van der Waals surface area contributed by atoms with Crippen molar-refractivity contribution >= 4 is 23.2 Å². The molecule has 0 aliphatic heterocycles. The maximum absolute atomic E-state index is 12.2. The van der Waals surface area contributed by atoms with Gasteiger partial charge in [-0.05, 0) is 48.2 Å². The van der Waals surface area contributed by atoms with Crippen LogP contribution in [0.25, 0.3) is 0 Å². The zero-order valence-electron chi connectivity index (χ0n) is 14.4. The van der Waals surface area contributed by atoms with Crippen molar-refractivity contribution in [2.24, 2.45) is 0 Å². The summed E-state index contributed by atoms with van der Waals surface area (Å²) in [6.07, 6.45) is 0. The summed E-state index contributed by atoms with van der Waals surface area (Å²) in [5.74, 6) is -0.241. The molecule has 2 heterocycles. The van der Waals surface area contributed by atoms with E-state index in [9.17, 15) is 9.59 Å². The Kier molecular flexibility index (Phi) is 5.76. The van der Waals surface area contributed by atoms with E-state index in [-0.39, 0.29) is 11.8 Å².